The van der Waals surface area contributed by atoms with Gasteiger partial charge in [-0.25, -0.2) is 18.4 Å². The van der Waals surface area contributed by atoms with E-state index in [1.54, 1.807) is 60.7 Å². The lowest BCUT2D eigenvalue weighted by Crippen LogP contribution is -2.37. The zero-order chi connectivity index (χ0) is 30.8. The fourth-order valence-electron chi connectivity index (χ4n) is 4.70. The quantitative estimate of drug-likeness (QED) is 0.184. The summed E-state index contributed by atoms with van der Waals surface area (Å²) in [7, 11) is 0. The van der Waals surface area contributed by atoms with Gasteiger partial charge in [-0.2, -0.15) is 0 Å². The molecule has 0 aliphatic carbocycles. The molecule has 7 nitrogen and oxygen atoms in total. The maximum atomic E-state index is 15.3. The largest absolute Gasteiger partial charge is 0.459 e. The Balaban J connectivity index is 0.000000359. The summed E-state index contributed by atoms with van der Waals surface area (Å²) in [5.41, 5.74) is 1.46. The molecule has 3 aromatic rings. The summed E-state index contributed by atoms with van der Waals surface area (Å²) in [4.78, 5) is 24.9. The van der Waals surface area contributed by atoms with Crippen LogP contribution < -0.4 is 0 Å². The van der Waals surface area contributed by atoms with E-state index in [2.05, 4.69) is 15.9 Å². The van der Waals surface area contributed by atoms with Crippen LogP contribution in [0.1, 0.15) is 46.5 Å². The number of esters is 2. The van der Waals surface area contributed by atoms with Gasteiger partial charge in [0.15, 0.2) is 18.6 Å². The minimum absolute atomic E-state index is 0.0365. The molecule has 0 saturated carbocycles. The SMILES string of the molecule is CCC1OC(Br)C(F)C1C.O=C(OCC1OC(OCc2ccccc2)C(F)C1OC(=O)c1ccccc1)c1ccccc1. The van der Waals surface area contributed by atoms with Gasteiger partial charge in [0.2, 0.25) is 0 Å². The molecule has 2 saturated heterocycles. The molecule has 0 aromatic heterocycles. The Hall–Kier alpha value is -3.18. The highest BCUT2D eigenvalue weighted by molar-refractivity contribution is 9.09. The summed E-state index contributed by atoms with van der Waals surface area (Å²) < 4.78 is 55.5. The number of hydrogen-bond acceptors (Lipinski definition) is 7. The monoisotopic (exact) mass is 660 g/mol. The molecule has 3 aromatic carbocycles. The molecule has 230 valence electrons. The average Bonchev–Trinajstić information content (AvgIpc) is 3.48. The van der Waals surface area contributed by atoms with Crippen molar-refractivity contribution in [1.29, 1.82) is 0 Å². The van der Waals surface area contributed by atoms with Crippen molar-refractivity contribution >= 4 is 27.9 Å². The Kier molecular flexibility index (Phi) is 12.2. The van der Waals surface area contributed by atoms with Crippen LogP contribution in [0, 0.1) is 5.92 Å². The molecule has 2 heterocycles. The van der Waals surface area contributed by atoms with E-state index in [0.29, 0.717) is 5.56 Å². The van der Waals surface area contributed by atoms with E-state index >= 15 is 4.39 Å². The normalized spacial score (nSPS) is 28.0. The average molecular weight is 662 g/mol. The van der Waals surface area contributed by atoms with Gasteiger partial charge in [-0.15, -0.1) is 0 Å². The van der Waals surface area contributed by atoms with Gasteiger partial charge in [-0.05, 0) is 36.2 Å². The van der Waals surface area contributed by atoms with Gasteiger partial charge in [-0.3, -0.25) is 0 Å². The van der Waals surface area contributed by atoms with Gasteiger partial charge in [0.05, 0.1) is 23.8 Å². The van der Waals surface area contributed by atoms with Gasteiger partial charge in [0.25, 0.3) is 0 Å². The predicted molar refractivity (Wildman–Crippen MR) is 159 cm³/mol. The Morgan fingerprint density at radius 3 is 1.86 bits per heavy atom. The molecular formula is C33H35BrF2O7. The third kappa shape index (κ3) is 8.92. The van der Waals surface area contributed by atoms with E-state index in [-0.39, 0.29) is 35.8 Å². The van der Waals surface area contributed by atoms with E-state index in [1.807, 2.05) is 44.2 Å². The number of carbonyl (C=O) groups excluding carboxylic acids is 2. The molecule has 43 heavy (non-hydrogen) atoms. The van der Waals surface area contributed by atoms with Gasteiger partial charge in [-0.1, -0.05) is 96.5 Å². The first-order chi connectivity index (χ1) is 20.8. The molecule has 0 amide bonds. The second-order valence-corrected chi connectivity index (χ2v) is 11.1. The molecule has 0 spiro atoms. The molecule has 0 N–H and O–H groups in total. The van der Waals surface area contributed by atoms with Crippen molar-refractivity contribution in [3.8, 4) is 0 Å². The van der Waals surface area contributed by atoms with Crippen LogP contribution >= 0.6 is 15.9 Å². The van der Waals surface area contributed by atoms with Crippen molar-refractivity contribution in [2.45, 2.75) is 68.8 Å². The first-order valence-corrected chi connectivity index (χ1v) is 15.1. The minimum atomic E-state index is -1.76. The van der Waals surface area contributed by atoms with Crippen LogP contribution in [0.4, 0.5) is 8.78 Å². The van der Waals surface area contributed by atoms with E-state index in [9.17, 15) is 14.0 Å². The molecule has 2 aliphatic heterocycles. The second kappa shape index (κ2) is 16.0. The summed E-state index contributed by atoms with van der Waals surface area (Å²) in [6, 6.07) is 25.9. The molecule has 8 unspecified atom stereocenters. The van der Waals surface area contributed by atoms with E-state index in [0.717, 1.165) is 12.0 Å². The summed E-state index contributed by atoms with van der Waals surface area (Å²) in [5.74, 6) is -1.25. The van der Waals surface area contributed by atoms with E-state index < -0.39 is 42.8 Å². The fourth-order valence-corrected chi connectivity index (χ4v) is 5.46. The summed E-state index contributed by atoms with van der Waals surface area (Å²) in [6.07, 6.45) is -5.22. The standard InChI is InChI=1S/C26H23FO6.C7H12BrFO/c27-22-23(33-25(29)20-14-8-3-9-15-20)21(17-30-24(28)19-12-6-2-7-13-19)32-26(22)31-16-18-10-4-1-5-11-18;1-3-5-4(2)6(9)7(8)10-5/h1-15,21-23,26H,16-17H2;4-7H,3H2,1-2H3. The van der Waals surface area contributed by atoms with Crippen LogP contribution in [-0.2, 0) is 30.3 Å². The lowest BCUT2D eigenvalue weighted by molar-refractivity contribution is -0.164. The first-order valence-electron chi connectivity index (χ1n) is 14.1. The van der Waals surface area contributed by atoms with Crippen LogP contribution in [0.15, 0.2) is 91.0 Å². The van der Waals surface area contributed by atoms with Gasteiger partial charge >= 0.3 is 11.9 Å². The van der Waals surface area contributed by atoms with Gasteiger partial charge in [0, 0.05) is 5.92 Å². The van der Waals surface area contributed by atoms with Crippen molar-refractivity contribution in [3.05, 3.63) is 108 Å². The maximum Gasteiger partial charge on any atom is 0.338 e. The third-order valence-electron chi connectivity index (χ3n) is 7.19. The topological polar surface area (TPSA) is 80.3 Å². The van der Waals surface area contributed by atoms with Gasteiger partial charge in [0.1, 0.15) is 23.9 Å². The zero-order valence-corrected chi connectivity index (χ0v) is 25.5. The molecule has 0 radical (unpaired) electrons. The molecule has 0 bridgehead atoms. The maximum absolute atomic E-state index is 15.3. The Morgan fingerprint density at radius 2 is 1.35 bits per heavy atom. The number of rotatable bonds is 9. The second-order valence-electron chi connectivity index (χ2n) is 10.2. The number of ether oxygens (including phenoxy) is 5. The van der Waals surface area contributed by atoms with E-state index in [4.69, 9.17) is 23.7 Å². The Bertz CT molecular complexity index is 1280. The lowest BCUT2D eigenvalue weighted by atomic mass is 10.0. The van der Waals surface area contributed by atoms with Crippen molar-refractivity contribution in [1.82, 2.24) is 0 Å². The van der Waals surface area contributed by atoms with Crippen LogP contribution in [0.5, 0.6) is 0 Å². The van der Waals surface area contributed by atoms with Crippen LogP contribution in [0.3, 0.4) is 0 Å². The smallest absolute Gasteiger partial charge is 0.338 e. The predicted octanol–water partition coefficient (Wildman–Crippen LogP) is 6.84. The minimum Gasteiger partial charge on any atom is -0.459 e. The third-order valence-corrected chi connectivity index (χ3v) is 7.91. The summed E-state index contributed by atoms with van der Waals surface area (Å²) >= 11 is 3.13. The molecule has 2 fully saturated rings. The fraction of sp³-hybridized carbons (Fsp3) is 0.394. The highest BCUT2D eigenvalue weighted by atomic mass is 79.9. The van der Waals surface area contributed by atoms with Crippen molar-refractivity contribution in [2.75, 3.05) is 6.61 Å². The highest BCUT2D eigenvalue weighted by Gasteiger charge is 2.49. The number of alkyl halides is 3. The van der Waals surface area contributed by atoms with Crippen LogP contribution in [-0.4, -0.2) is 60.5 Å². The Morgan fingerprint density at radius 1 is 0.791 bits per heavy atom. The summed E-state index contributed by atoms with van der Waals surface area (Å²) in [5, 5.41) is -0.382. The number of halogens is 3. The number of benzene rings is 3. The lowest BCUT2D eigenvalue weighted by Gasteiger charge is -2.19. The van der Waals surface area contributed by atoms with Crippen molar-refractivity contribution in [2.24, 2.45) is 5.92 Å². The first kappa shape index (κ1) is 32.7. The Labute approximate surface area is 258 Å². The molecule has 2 aliphatic rings. The van der Waals surface area contributed by atoms with Crippen LogP contribution in [0.25, 0.3) is 0 Å². The molecule has 5 rings (SSSR count). The zero-order valence-electron chi connectivity index (χ0n) is 23.9. The molecule has 8 atom stereocenters. The summed E-state index contributed by atoms with van der Waals surface area (Å²) in [6.45, 7) is 3.72. The van der Waals surface area contributed by atoms with Crippen molar-refractivity contribution < 1.29 is 42.1 Å². The molecular weight excluding hydrogens is 626 g/mol. The number of carbonyl (C=O) groups is 2. The molecule has 10 heteroatoms. The van der Waals surface area contributed by atoms with Crippen LogP contribution in [0.2, 0.25) is 0 Å². The van der Waals surface area contributed by atoms with E-state index in [1.165, 1.54) is 0 Å². The van der Waals surface area contributed by atoms with Gasteiger partial charge < -0.3 is 23.7 Å². The number of hydrogen-bond donors (Lipinski definition) is 0. The van der Waals surface area contributed by atoms with Crippen molar-refractivity contribution in [3.63, 3.8) is 0 Å². The highest BCUT2D eigenvalue weighted by Crippen LogP contribution is 2.34.